The predicted molar refractivity (Wildman–Crippen MR) is 61.9 cm³/mol. The molecule has 0 aliphatic carbocycles. The van der Waals surface area contributed by atoms with Gasteiger partial charge in [-0.05, 0) is 0 Å². The van der Waals surface area contributed by atoms with E-state index in [-0.39, 0.29) is 0 Å². The average molecular weight is 300 g/mol. The quantitative estimate of drug-likeness (QED) is 0.431. The van der Waals surface area contributed by atoms with Gasteiger partial charge < -0.3 is 0 Å². The van der Waals surface area contributed by atoms with E-state index in [9.17, 15) is 0 Å². The third kappa shape index (κ3) is 12.1. The van der Waals surface area contributed by atoms with Crippen molar-refractivity contribution < 1.29 is 23.3 Å². The Bertz CT molecular complexity index is 203. The maximum absolute atomic E-state index is 5.25. The van der Waals surface area contributed by atoms with Gasteiger partial charge >= 0.3 is 46.6 Å². The Morgan fingerprint density at radius 3 is 1.29 bits per heavy atom. The summed E-state index contributed by atoms with van der Waals surface area (Å²) >= 11 is 6.86. The van der Waals surface area contributed by atoms with Crippen LogP contribution >= 0.6 is 11.6 Å². The molecule has 0 saturated heterocycles. The standard InChI is InChI=1S/2C5H5.CH3ClSi.Zr/c2*1-2-4-5-3-1;2-1-3;/h2*1-5H;3H,1H2;/q2*-1;;+2. The van der Waals surface area contributed by atoms with Crippen LogP contribution in [0.15, 0.2) is 60.7 Å². The molecular formula is C11H13ClSiZr. The van der Waals surface area contributed by atoms with Gasteiger partial charge in [0, 0.05) is 0 Å². The zero-order valence-corrected chi connectivity index (χ0v) is 12.3. The fraction of sp³-hybridized carbons (Fsp3) is 0.0909. The molecule has 0 nitrogen and oxygen atoms in total. The molecule has 0 saturated carbocycles. The summed E-state index contributed by atoms with van der Waals surface area (Å²) in [6.45, 7) is 0. The minimum atomic E-state index is 0.638. The monoisotopic (exact) mass is 298 g/mol. The Labute approximate surface area is 107 Å². The molecule has 0 bridgehead atoms. The summed E-state index contributed by atoms with van der Waals surface area (Å²) in [7, 11) is 0. The van der Waals surface area contributed by atoms with Crippen LogP contribution in [0.4, 0.5) is 0 Å². The first-order valence-corrected chi connectivity index (χ1v) is 10.5. The van der Waals surface area contributed by atoms with Gasteiger partial charge in [-0.15, -0.1) is 0 Å². The number of hydrogen-bond donors (Lipinski definition) is 0. The normalized spacial score (nSPS) is 7.64. The Morgan fingerprint density at radius 1 is 0.929 bits per heavy atom. The van der Waals surface area contributed by atoms with E-state index >= 15 is 0 Å². The number of rotatable bonds is 1. The summed E-state index contributed by atoms with van der Waals surface area (Å²) in [5.74, 6) is 0. The Morgan fingerprint density at radius 2 is 1.21 bits per heavy atom. The Balaban J connectivity index is 0.000000183. The summed E-state index contributed by atoms with van der Waals surface area (Å²) in [5.41, 5.74) is 0.915. The molecule has 3 heteroatoms. The van der Waals surface area contributed by atoms with Gasteiger partial charge in [-0.25, -0.2) is 24.3 Å². The van der Waals surface area contributed by atoms with E-state index in [2.05, 4.69) is 0 Å². The third-order valence-electron chi connectivity index (χ3n) is 1.19. The molecule has 0 heterocycles. The maximum Gasteiger partial charge on any atom is -0.172 e. The molecule has 2 aromatic rings. The van der Waals surface area contributed by atoms with E-state index < -0.39 is 0 Å². The summed E-state index contributed by atoms with van der Waals surface area (Å²) in [6, 6.07) is 20.0. The molecule has 72 valence electrons. The summed E-state index contributed by atoms with van der Waals surface area (Å²) in [6.07, 6.45) is 0.638. The van der Waals surface area contributed by atoms with Gasteiger partial charge in [0.15, 0.2) is 0 Å². The molecule has 14 heavy (non-hydrogen) atoms. The van der Waals surface area contributed by atoms with Crippen molar-refractivity contribution in [2.45, 2.75) is 0 Å². The van der Waals surface area contributed by atoms with Crippen molar-refractivity contribution in [2.75, 3.05) is 5.50 Å². The van der Waals surface area contributed by atoms with Gasteiger partial charge in [-0.3, -0.25) is 0 Å². The van der Waals surface area contributed by atoms with Gasteiger partial charge in [0.1, 0.15) is 0 Å². The molecule has 2 rings (SSSR count). The van der Waals surface area contributed by atoms with Crippen LogP contribution in [0.5, 0.6) is 0 Å². The molecule has 2 aromatic carbocycles. The first kappa shape index (κ1) is 14.1. The SMILES string of the molecule is ClC[SiH]=[Zr+2].c1cc[cH-]c1.c1cc[cH-]c1. The van der Waals surface area contributed by atoms with Gasteiger partial charge in [-0.1, -0.05) is 0 Å². The fourth-order valence-electron chi connectivity index (χ4n) is 0.642. The van der Waals surface area contributed by atoms with Crippen molar-refractivity contribution in [3.63, 3.8) is 0 Å². The van der Waals surface area contributed by atoms with E-state index in [1.165, 1.54) is 0 Å². The second-order valence-corrected chi connectivity index (χ2v) is 6.94. The summed E-state index contributed by atoms with van der Waals surface area (Å²) < 4.78 is 0. The van der Waals surface area contributed by atoms with Crippen LogP contribution in [0, 0.1) is 0 Å². The van der Waals surface area contributed by atoms with Crippen LogP contribution in [0.3, 0.4) is 0 Å². The second-order valence-electron chi connectivity index (χ2n) is 2.28. The van der Waals surface area contributed by atoms with E-state index in [0.717, 1.165) is 5.50 Å². The topological polar surface area (TPSA) is 0 Å². The van der Waals surface area contributed by atoms with Gasteiger partial charge in [-0.2, -0.15) is 36.4 Å². The molecule has 0 N–H and O–H groups in total. The van der Waals surface area contributed by atoms with Crippen LogP contribution in [0.1, 0.15) is 0 Å². The van der Waals surface area contributed by atoms with Crippen LogP contribution < -0.4 is 0 Å². The summed E-state index contributed by atoms with van der Waals surface area (Å²) in [4.78, 5) is 0. The minimum Gasteiger partial charge on any atom is -0.214 e. The molecule has 0 aromatic heterocycles. The number of hydrogen-bond acceptors (Lipinski definition) is 0. The largest absolute Gasteiger partial charge is 0.214 e. The average Bonchev–Trinajstić information content (AvgIpc) is 2.94. The van der Waals surface area contributed by atoms with Gasteiger partial charge in [0.05, 0.1) is 0 Å². The van der Waals surface area contributed by atoms with Gasteiger partial charge in [0.25, 0.3) is 0 Å². The van der Waals surface area contributed by atoms with Crippen LogP contribution in [-0.4, -0.2) is 11.7 Å². The van der Waals surface area contributed by atoms with E-state index in [1.807, 2.05) is 60.7 Å². The first-order chi connectivity index (χ1) is 6.91. The van der Waals surface area contributed by atoms with Crippen molar-refractivity contribution in [2.24, 2.45) is 0 Å². The van der Waals surface area contributed by atoms with Crippen LogP contribution in [-0.2, 0) is 23.3 Å². The first-order valence-electron chi connectivity index (χ1n) is 4.30. The van der Waals surface area contributed by atoms with Crippen molar-refractivity contribution in [3.05, 3.63) is 60.7 Å². The molecule has 0 atom stereocenters. The number of halogens is 1. The Kier molecular flexibility index (Phi) is 13.2. The van der Waals surface area contributed by atoms with Gasteiger partial charge in [0.2, 0.25) is 0 Å². The smallest absolute Gasteiger partial charge is 0.172 e. The number of alkyl halides is 1. The Hall–Kier alpha value is 0.0900. The molecule has 0 amide bonds. The molecule has 0 aliphatic rings. The van der Waals surface area contributed by atoms with E-state index in [0.29, 0.717) is 6.16 Å². The maximum atomic E-state index is 5.25. The molecule has 0 fully saturated rings. The van der Waals surface area contributed by atoms with Crippen molar-refractivity contribution in [1.29, 1.82) is 0 Å². The zero-order valence-electron chi connectivity index (χ0n) is 7.94. The minimum absolute atomic E-state index is 0.638. The summed E-state index contributed by atoms with van der Waals surface area (Å²) in [5, 5.41) is 0. The molecule has 0 radical (unpaired) electrons. The fourth-order valence-corrected chi connectivity index (χ4v) is 0.642. The molecular weight excluding hydrogens is 287 g/mol. The van der Waals surface area contributed by atoms with E-state index in [4.69, 9.17) is 11.6 Å². The van der Waals surface area contributed by atoms with Crippen molar-refractivity contribution >= 4 is 17.8 Å². The zero-order chi connectivity index (χ0) is 10.5. The van der Waals surface area contributed by atoms with Crippen LogP contribution in [0.25, 0.3) is 0 Å². The second kappa shape index (κ2) is 13.1. The molecule has 0 spiro atoms. The van der Waals surface area contributed by atoms with E-state index in [1.54, 1.807) is 23.3 Å². The van der Waals surface area contributed by atoms with Crippen molar-refractivity contribution in [3.8, 4) is 0 Å². The third-order valence-corrected chi connectivity index (χ3v) is 5.22. The van der Waals surface area contributed by atoms with Crippen LogP contribution in [0.2, 0.25) is 0 Å². The molecule has 0 unspecified atom stereocenters. The predicted octanol–water partition coefficient (Wildman–Crippen LogP) is 2.89. The molecule has 0 aliphatic heterocycles. The van der Waals surface area contributed by atoms with Crippen molar-refractivity contribution in [1.82, 2.24) is 0 Å².